The molecule has 0 spiro atoms. The smallest absolute Gasteiger partial charge is 0.241 e. The molecule has 13 heteroatoms. The highest BCUT2D eigenvalue weighted by atomic mass is 127. The van der Waals surface area contributed by atoms with Crippen molar-refractivity contribution in [1.82, 2.24) is 15.2 Å². The molecule has 3 rings (SSSR count). The number of hydrogen-bond donors (Lipinski definition) is 4. The molecule has 0 radical (unpaired) electrons. The average molecular weight is 527 g/mol. The molecule has 0 saturated carbocycles. The Labute approximate surface area is 170 Å². The Bertz CT molecular complexity index is 1150. The number of aromatic nitrogens is 3. The van der Waals surface area contributed by atoms with Gasteiger partial charge in [0, 0.05) is 9.13 Å². The van der Waals surface area contributed by atoms with Crippen molar-refractivity contribution in [2.75, 3.05) is 11.1 Å². The molecular weight excluding hydrogens is 517 g/mol. The standard InChI is InChI=1S/C14H10ClF2IN6O2S/c15-7-3-5(18)1-2-8(7)21-12-6(13-22-14(19)24-23-13)4-9(27(20,25)26)10(16)11(12)17/h1-4,21H,(H2,20,25,26)(H3,19,22,23,24). The van der Waals surface area contributed by atoms with Crippen LogP contribution in [0.1, 0.15) is 0 Å². The van der Waals surface area contributed by atoms with E-state index in [4.69, 9.17) is 22.5 Å². The van der Waals surface area contributed by atoms with E-state index in [9.17, 15) is 17.2 Å². The summed E-state index contributed by atoms with van der Waals surface area (Å²) in [6.45, 7) is 0. The monoisotopic (exact) mass is 526 g/mol. The molecule has 1 heterocycles. The van der Waals surface area contributed by atoms with E-state index in [1.54, 1.807) is 18.2 Å². The van der Waals surface area contributed by atoms with Gasteiger partial charge in [-0.15, -0.1) is 5.10 Å². The SMILES string of the molecule is Nc1n[nH]c(-c2cc(S(N)(=O)=O)c(F)c(F)c2Nc2ccc(I)cc2Cl)n1. The van der Waals surface area contributed by atoms with E-state index in [0.717, 1.165) is 9.64 Å². The molecule has 0 aliphatic rings. The Kier molecular flexibility index (Phi) is 5.24. The first-order chi connectivity index (χ1) is 12.6. The number of nitrogens with one attached hydrogen (secondary N) is 2. The van der Waals surface area contributed by atoms with Crippen molar-refractivity contribution >= 4 is 61.5 Å². The third-order valence-electron chi connectivity index (χ3n) is 3.43. The number of hydrogen-bond acceptors (Lipinski definition) is 6. The largest absolute Gasteiger partial charge is 0.366 e. The number of nitrogens with zero attached hydrogens (tertiary/aromatic N) is 2. The van der Waals surface area contributed by atoms with Crippen LogP contribution >= 0.6 is 34.2 Å². The van der Waals surface area contributed by atoms with Gasteiger partial charge in [-0.1, -0.05) is 11.6 Å². The van der Waals surface area contributed by atoms with Crippen LogP contribution in [0.3, 0.4) is 0 Å². The van der Waals surface area contributed by atoms with Crippen LogP contribution in [-0.2, 0) is 10.0 Å². The minimum atomic E-state index is -4.55. The van der Waals surface area contributed by atoms with Crippen molar-refractivity contribution in [3.05, 3.63) is 44.5 Å². The second-order valence-electron chi connectivity index (χ2n) is 5.26. The van der Waals surface area contributed by atoms with Gasteiger partial charge in [0.15, 0.2) is 17.5 Å². The number of sulfonamides is 1. The van der Waals surface area contributed by atoms with Crippen molar-refractivity contribution in [3.63, 3.8) is 0 Å². The number of nitrogen functional groups attached to an aromatic ring is 1. The zero-order valence-corrected chi connectivity index (χ0v) is 16.8. The summed E-state index contributed by atoms with van der Waals surface area (Å²) in [4.78, 5) is 2.79. The number of halogens is 4. The summed E-state index contributed by atoms with van der Waals surface area (Å²) in [6, 6.07) is 5.67. The lowest BCUT2D eigenvalue weighted by Gasteiger charge is -2.15. The summed E-state index contributed by atoms with van der Waals surface area (Å²) < 4.78 is 53.1. The zero-order chi connectivity index (χ0) is 19.9. The molecule has 0 saturated heterocycles. The fourth-order valence-corrected chi connectivity index (χ4v) is 3.76. The number of H-pyrrole nitrogens is 1. The van der Waals surface area contributed by atoms with Crippen LogP contribution < -0.4 is 16.2 Å². The van der Waals surface area contributed by atoms with Gasteiger partial charge in [-0.2, -0.15) is 4.98 Å². The van der Waals surface area contributed by atoms with Crippen molar-refractivity contribution in [2.24, 2.45) is 5.14 Å². The lowest BCUT2D eigenvalue weighted by Crippen LogP contribution is -2.16. The van der Waals surface area contributed by atoms with Gasteiger partial charge in [0.2, 0.25) is 16.0 Å². The number of primary sulfonamides is 1. The molecule has 0 bridgehead atoms. The van der Waals surface area contributed by atoms with Gasteiger partial charge in [0.1, 0.15) is 4.90 Å². The first-order valence-corrected chi connectivity index (χ1v) is 10.0. The highest BCUT2D eigenvalue weighted by Gasteiger charge is 2.26. The van der Waals surface area contributed by atoms with E-state index >= 15 is 0 Å². The van der Waals surface area contributed by atoms with Crippen LogP contribution in [0.2, 0.25) is 5.02 Å². The van der Waals surface area contributed by atoms with Gasteiger partial charge in [-0.25, -0.2) is 22.3 Å². The fraction of sp³-hybridized carbons (Fsp3) is 0. The van der Waals surface area contributed by atoms with Gasteiger partial charge in [0.05, 0.1) is 16.4 Å². The van der Waals surface area contributed by atoms with Gasteiger partial charge >= 0.3 is 0 Å². The Hall–Kier alpha value is -2.03. The number of rotatable bonds is 4. The number of aromatic amines is 1. The van der Waals surface area contributed by atoms with Crippen molar-refractivity contribution in [2.45, 2.75) is 4.90 Å². The maximum atomic E-state index is 14.7. The maximum absolute atomic E-state index is 14.7. The van der Waals surface area contributed by atoms with Crippen LogP contribution in [0.4, 0.5) is 26.1 Å². The number of anilines is 3. The van der Waals surface area contributed by atoms with E-state index in [-0.39, 0.29) is 28.0 Å². The van der Waals surface area contributed by atoms with Crippen LogP contribution in [0, 0.1) is 15.2 Å². The van der Waals surface area contributed by atoms with Crippen molar-refractivity contribution in [1.29, 1.82) is 0 Å². The van der Waals surface area contributed by atoms with E-state index in [1.807, 2.05) is 22.6 Å². The van der Waals surface area contributed by atoms with Gasteiger partial charge in [-0.05, 0) is 46.9 Å². The molecule has 2 aromatic carbocycles. The Morgan fingerprint density at radius 1 is 1.22 bits per heavy atom. The van der Waals surface area contributed by atoms with Crippen molar-refractivity contribution in [3.8, 4) is 11.4 Å². The minimum absolute atomic E-state index is 0.0968. The summed E-state index contributed by atoms with van der Waals surface area (Å²) in [5.41, 5.74) is 5.13. The molecule has 142 valence electrons. The Morgan fingerprint density at radius 3 is 2.48 bits per heavy atom. The molecule has 8 nitrogen and oxygen atoms in total. The molecule has 0 amide bonds. The molecule has 0 fully saturated rings. The van der Waals surface area contributed by atoms with Crippen LogP contribution in [0.25, 0.3) is 11.4 Å². The molecule has 27 heavy (non-hydrogen) atoms. The highest BCUT2D eigenvalue weighted by molar-refractivity contribution is 14.1. The first-order valence-electron chi connectivity index (χ1n) is 7.03. The first kappa shape index (κ1) is 19.7. The average Bonchev–Trinajstić information content (AvgIpc) is 2.99. The Morgan fingerprint density at radius 2 is 1.93 bits per heavy atom. The normalized spacial score (nSPS) is 11.6. The summed E-state index contributed by atoms with van der Waals surface area (Å²) in [5, 5.41) is 13.9. The van der Waals surface area contributed by atoms with E-state index in [2.05, 4.69) is 20.5 Å². The molecule has 0 aliphatic heterocycles. The molecule has 0 aliphatic carbocycles. The maximum Gasteiger partial charge on any atom is 0.241 e. The second-order valence-corrected chi connectivity index (χ2v) is 8.44. The van der Waals surface area contributed by atoms with Crippen molar-refractivity contribution < 1.29 is 17.2 Å². The quantitative estimate of drug-likeness (QED) is 0.386. The molecule has 0 unspecified atom stereocenters. The lowest BCUT2D eigenvalue weighted by atomic mass is 10.1. The third kappa shape index (κ3) is 3.97. The molecule has 3 aromatic rings. The Balaban J connectivity index is 2.27. The summed E-state index contributed by atoms with van der Waals surface area (Å²) >= 11 is 8.16. The molecule has 1 aromatic heterocycles. The van der Waals surface area contributed by atoms with Gasteiger partial charge in [0.25, 0.3) is 0 Å². The minimum Gasteiger partial charge on any atom is -0.366 e. The second kappa shape index (κ2) is 7.18. The predicted molar refractivity (Wildman–Crippen MR) is 105 cm³/mol. The van der Waals surface area contributed by atoms with Gasteiger partial charge < -0.3 is 11.1 Å². The van der Waals surface area contributed by atoms with E-state index < -0.39 is 32.2 Å². The molecule has 0 atom stereocenters. The summed E-state index contributed by atoms with van der Waals surface area (Å²) in [5.74, 6) is -3.40. The van der Waals surface area contributed by atoms with Crippen LogP contribution in [0.15, 0.2) is 29.2 Å². The van der Waals surface area contributed by atoms with Crippen LogP contribution in [0.5, 0.6) is 0 Å². The topological polar surface area (TPSA) is 140 Å². The summed E-state index contributed by atoms with van der Waals surface area (Å²) in [7, 11) is -4.55. The zero-order valence-electron chi connectivity index (χ0n) is 13.1. The predicted octanol–water partition coefficient (Wildman–Crippen LogP) is 2.98. The highest BCUT2D eigenvalue weighted by Crippen LogP contribution is 2.37. The molecular formula is C14H10ClF2IN6O2S. The summed E-state index contributed by atoms with van der Waals surface area (Å²) in [6.07, 6.45) is 0. The number of nitrogens with two attached hydrogens (primary N) is 2. The van der Waals surface area contributed by atoms with Gasteiger partial charge in [-0.3, -0.25) is 5.10 Å². The van der Waals surface area contributed by atoms with Crippen LogP contribution in [-0.4, -0.2) is 23.6 Å². The third-order valence-corrected chi connectivity index (χ3v) is 5.32. The fourth-order valence-electron chi connectivity index (χ4n) is 2.24. The van der Waals surface area contributed by atoms with E-state index in [1.165, 1.54) is 0 Å². The lowest BCUT2D eigenvalue weighted by molar-refractivity contribution is 0.488. The number of benzene rings is 2. The van der Waals surface area contributed by atoms with E-state index in [0.29, 0.717) is 0 Å². The molecule has 6 N–H and O–H groups in total.